The zero-order chi connectivity index (χ0) is 45.6. The molecule has 348 valence electrons. The van der Waals surface area contributed by atoms with Gasteiger partial charge in [0, 0.05) is 19.3 Å². The lowest BCUT2D eigenvalue weighted by Crippen LogP contribution is -2.50. The molecule has 2 unspecified atom stereocenters. The van der Waals surface area contributed by atoms with Crippen LogP contribution in [0.4, 0.5) is 0 Å². The van der Waals surface area contributed by atoms with E-state index in [4.69, 9.17) is 14.2 Å². The normalized spacial score (nSPS) is 14.0. The Hall–Kier alpha value is -4.27. The summed E-state index contributed by atoms with van der Waals surface area (Å²) >= 11 is 0. The number of hydrogen-bond donors (Lipinski definition) is 1. The number of aliphatic carboxylic acids is 1. The predicted molar refractivity (Wildman–Crippen MR) is 261 cm³/mol. The van der Waals surface area contributed by atoms with E-state index in [2.05, 4.69) is 74.6 Å². The molecule has 8 nitrogen and oxygen atoms in total. The van der Waals surface area contributed by atoms with Crippen molar-refractivity contribution in [3.8, 4) is 0 Å². The van der Waals surface area contributed by atoms with Crippen molar-refractivity contribution in [1.29, 1.82) is 0 Å². The van der Waals surface area contributed by atoms with E-state index in [1.54, 1.807) is 0 Å². The molecule has 0 rings (SSSR count). The summed E-state index contributed by atoms with van der Waals surface area (Å²) in [5.74, 6) is -1.57. The molecule has 0 radical (unpaired) electrons. The van der Waals surface area contributed by atoms with Gasteiger partial charge in [0.05, 0.1) is 34.4 Å². The van der Waals surface area contributed by atoms with Crippen LogP contribution in [0.1, 0.15) is 149 Å². The number of carbonyl (C=O) groups excluding carboxylic acids is 2. The van der Waals surface area contributed by atoms with Crippen molar-refractivity contribution in [3.05, 3.63) is 122 Å². The van der Waals surface area contributed by atoms with Crippen LogP contribution < -0.4 is 0 Å². The van der Waals surface area contributed by atoms with Gasteiger partial charge in [0.2, 0.25) is 0 Å². The molecule has 0 aromatic rings. The summed E-state index contributed by atoms with van der Waals surface area (Å²) < 4.78 is 17.2. The molecule has 8 heteroatoms. The molecule has 0 spiro atoms. The molecule has 1 N–H and O–H groups in total. The van der Waals surface area contributed by atoms with Gasteiger partial charge in [-0.2, -0.15) is 0 Å². The first-order valence-corrected chi connectivity index (χ1v) is 23.7. The van der Waals surface area contributed by atoms with Gasteiger partial charge in [0.25, 0.3) is 0 Å². The van der Waals surface area contributed by atoms with Gasteiger partial charge in [-0.1, -0.05) is 174 Å². The quantitative estimate of drug-likeness (QED) is 0.0215. The highest BCUT2D eigenvalue weighted by Gasteiger charge is 2.31. The minimum atomic E-state index is -0.892. The molecular weight excluding hydrogens is 775 g/mol. The van der Waals surface area contributed by atoms with Gasteiger partial charge in [-0.05, 0) is 77.0 Å². The van der Waals surface area contributed by atoms with Crippen LogP contribution in [0, 0.1) is 0 Å². The number of esters is 2. The molecule has 0 aromatic carbocycles. The number of quaternary nitrogens is 1. The van der Waals surface area contributed by atoms with Gasteiger partial charge < -0.3 is 23.8 Å². The number of carboxylic acids is 1. The van der Waals surface area contributed by atoms with Gasteiger partial charge in [-0.3, -0.25) is 9.59 Å². The molecule has 0 aromatic heterocycles. The van der Waals surface area contributed by atoms with Crippen LogP contribution >= 0.6 is 0 Å². The number of hydrogen-bond acceptors (Lipinski definition) is 6. The maximum absolute atomic E-state index is 12.7. The molecule has 0 amide bonds. The van der Waals surface area contributed by atoms with Crippen LogP contribution in [0.3, 0.4) is 0 Å². The summed E-state index contributed by atoms with van der Waals surface area (Å²) in [5, 5.41) is 9.64. The minimum Gasteiger partial charge on any atom is -0.477 e. The first-order valence-electron chi connectivity index (χ1n) is 23.7. The van der Waals surface area contributed by atoms with Crippen LogP contribution in [0.25, 0.3) is 0 Å². The molecule has 2 atom stereocenters. The lowest BCUT2D eigenvalue weighted by molar-refractivity contribution is -0.887. The lowest BCUT2D eigenvalue weighted by atomic mass is 10.1. The van der Waals surface area contributed by atoms with Crippen LogP contribution in [-0.4, -0.2) is 80.6 Å². The third kappa shape index (κ3) is 41.1. The summed E-state index contributed by atoms with van der Waals surface area (Å²) in [5.41, 5.74) is 0. The number of unbranched alkanes of at least 4 members (excludes halogenated alkanes) is 11. The lowest BCUT2D eigenvalue weighted by Gasteiger charge is -2.31. The predicted octanol–water partition coefficient (Wildman–Crippen LogP) is 13.4. The highest BCUT2D eigenvalue weighted by molar-refractivity contribution is 5.72. The third-order valence-corrected chi connectivity index (χ3v) is 9.76. The van der Waals surface area contributed by atoms with E-state index in [0.717, 1.165) is 83.5 Å². The summed E-state index contributed by atoms with van der Waals surface area (Å²) in [4.78, 5) is 37.1. The molecule has 0 bridgehead atoms. The van der Waals surface area contributed by atoms with E-state index in [0.29, 0.717) is 19.3 Å². The Kier molecular flexibility index (Phi) is 40.4. The average molecular weight is 861 g/mol. The van der Waals surface area contributed by atoms with Crippen LogP contribution in [0.5, 0.6) is 0 Å². The summed E-state index contributed by atoms with van der Waals surface area (Å²) in [6.45, 7) is 4.47. The zero-order valence-electron chi connectivity index (χ0n) is 39.5. The van der Waals surface area contributed by atoms with Crippen molar-refractivity contribution in [2.24, 2.45) is 0 Å². The monoisotopic (exact) mass is 861 g/mol. The Morgan fingerprint density at radius 2 is 0.968 bits per heavy atom. The fourth-order valence-corrected chi connectivity index (χ4v) is 6.10. The molecule has 0 fully saturated rings. The number of carboxylic acid groups (broad SMARTS) is 1. The van der Waals surface area contributed by atoms with Gasteiger partial charge in [-0.15, -0.1) is 0 Å². The molecule has 0 saturated heterocycles. The second-order valence-electron chi connectivity index (χ2n) is 16.4. The molecule has 0 aliphatic rings. The van der Waals surface area contributed by atoms with Crippen molar-refractivity contribution in [3.63, 3.8) is 0 Å². The van der Waals surface area contributed by atoms with Gasteiger partial charge in [0.15, 0.2) is 12.1 Å². The maximum atomic E-state index is 12.7. The Morgan fingerprint density at radius 1 is 0.516 bits per heavy atom. The van der Waals surface area contributed by atoms with Crippen LogP contribution in [0.15, 0.2) is 122 Å². The molecule has 0 aliphatic heterocycles. The Morgan fingerprint density at radius 3 is 1.50 bits per heavy atom. The van der Waals surface area contributed by atoms with Crippen LogP contribution in [-0.2, 0) is 28.6 Å². The molecular formula is C54H86NO7+. The third-order valence-electron chi connectivity index (χ3n) is 9.76. The Labute approximate surface area is 378 Å². The van der Waals surface area contributed by atoms with Gasteiger partial charge in [-0.25, -0.2) is 4.79 Å². The van der Waals surface area contributed by atoms with E-state index < -0.39 is 18.1 Å². The number of nitrogens with zero attached hydrogens (tertiary/aromatic N) is 1. The summed E-state index contributed by atoms with van der Waals surface area (Å²) in [7, 11) is 5.49. The fraction of sp³-hybridized carbons (Fsp3) is 0.574. The first kappa shape index (κ1) is 57.7. The fourth-order valence-electron chi connectivity index (χ4n) is 6.10. The van der Waals surface area contributed by atoms with E-state index in [1.807, 2.05) is 81.9 Å². The molecule has 0 heterocycles. The smallest absolute Gasteiger partial charge is 0.362 e. The Balaban J connectivity index is 4.45. The van der Waals surface area contributed by atoms with Gasteiger partial charge in [0.1, 0.15) is 6.61 Å². The first-order chi connectivity index (χ1) is 30.1. The second kappa shape index (κ2) is 43.4. The number of rotatable bonds is 40. The zero-order valence-corrected chi connectivity index (χ0v) is 39.5. The SMILES string of the molecule is CC/C=C/C=C/C=C/C=C/C=C/C=C/CCCCCC(=O)OC(COCCC(C(=O)O)[N+](C)(C)C)COC(=O)CCCCCCC/C=C/C/C=C/C/C=C/C/C=C/CCCCC. The van der Waals surface area contributed by atoms with Crippen molar-refractivity contribution in [2.75, 3.05) is 41.0 Å². The number of carbonyl (C=O) groups is 3. The number of ether oxygens (including phenoxy) is 3. The second-order valence-corrected chi connectivity index (χ2v) is 16.4. The Bertz CT molecular complexity index is 1420. The van der Waals surface area contributed by atoms with E-state index >= 15 is 0 Å². The highest BCUT2D eigenvalue weighted by atomic mass is 16.6. The maximum Gasteiger partial charge on any atom is 0.362 e. The number of allylic oxidation sites excluding steroid dienone is 20. The van der Waals surface area contributed by atoms with Crippen molar-refractivity contribution < 1.29 is 38.2 Å². The average Bonchev–Trinajstić information content (AvgIpc) is 3.23. The minimum absolute atomic E-state index is 0.0272. The van der Waals surface area contributed by atoms with Crippen molar-refractivity contribution >= 4 is 17.9 Å². The topological polar surface area (TPSA) is 99.1 Å². The van der Waals surface area contributed by atoms with E-state index in [9.17, 15) is 19.5 Å². The molecule has 0 aliphatic carbocycles. The van der Waals surface area contributed by atoms with Crippen molar-refractivity contribution in [2.45, 2.75) is 161 Å². The highest BCUT2D eigenvalue weighted by Crippen LogP contribution is 2.12. The van der Waals surface area contributed by atoms with Crippen LogP contribution in [0.2, 0.25) is 0 Å². The summed E-state index contributed by atoms with van der Waals surface area (Å²) in [6.07, 6.45) is 61.0. The summed E-state index contributed by atoms with van der Waals surface area (Å²) in [6, 6.07) is -0.635. The largest absolute Gasteiger partial charge is 0.477 e. The standard InChI is InChI=1S/C54H85NO7/c1-6-8-10-12-14-16-18-20-22-24-25-26-27-29-30-32-34-36-38-40-42-44-52(56)61-49-50(48-60-47-46-51(54(58)59)55(3,4)5)62-53(57)45-43-41-39-37-35-33-31-28-23-21-19-17-15-13-11-9-7-2/h9,11,13-17,19-23,25-26,28-31,33,35,50-51H,6-8,10,12,18,24,27,32,34,36-49H2,1-5H3/p+1/b11-9+,15-13+,16-14+,19-17+,22-20+,23-21+,26-25+,30-29+,31-28+,35-33+. The van der Waals surface area contributed by atoms with E-state index in [1.165, 1.54) is 25.7 Å². The van der Waals surface area contributed by atoms with E-state index in [-0.39, 0.29) is 42.7 Å². The van der Waals surface area contributed by atoms with Gasteiger partial charge >= 0.3 is 17.9 Å². The molecule has 0 saturated carbocycles. The van der Waals surface area contributed by atoms with Crippen molar-refractivity contribution in [1.82, 2.24) is 0 Å². The number of likely N-dealkylation sites (N-methyl/N-ethyl adjacent to an activating group) is 1. The molecule has 62 heavy (non-hydrogen) atoms.